The Morgan fingerprint density at radius 3 is 2.62 bits per heavy atom. The Morgan fingerprint density at radius 1 is 1.21 bits per heavy atom. The van der Waals surface area contributed by atoms with Crippen LogP contribution in [0.4, 0.5) is 10.1 Å². The van der Waals surface area contributed by atoms with E-state index in [9.17, 15) is 24.2 Å². The fourth-order valence-corrected chi connectivity index (χ4v) is 2.64. The van der Waals surface area contributed by atoms with E-state index < -0.39 is 29.5 Å². The molecule has 1 atom stereocenters. The number of amides is 1. The van der Waals surface area contributed by atoms with Gasteiger partial charge in [0.05, 0.1) is 6.42 Å². The van der Waals surface area contributed by atoms with E-state index in [1.165, 1.54) is 6.07 Å². The van der Waals surface area contributed by atoms with Crippen LogP contribution in [0.25, 0.3) is 5.76 Å². The summed E-state index contributed by atoms with van der Waals surface area (Å²) >= 11 is 0. The SMILES string of the molecule is O=C(/C=C(\O)c1ccccc1)CC1(O)C(=O)Nc2ccc(F)cc21. The van der Waals surface area contributed by atoms with Gasteiger partial charge in [-0.05, 0) is 18.2 Å². The molecule has 1 aliphatic heterocycles. The first kappa shape index (κ1) is 15.9. The Bertz CT molecular complexity index is 847. The summed E-state index contributed by atoms with van der Waals surface area (Å²) in [5, 5.41) is 22.9. The average Bonchev–Trinajstić information content (AvgIpc) is 2.79. The number of ketones is 1. The van der Waals surface area contributed by atoms with Crippen molar-refractivity contribution in [3.63, 3.8) is 0 Å². The maximum atomic E-state index is 13.4. The van der Waals surface area contributed by atoms with Crippen LogP contribution in [0.2, 0.25) is 0 Å². The van der Waals surface area contributed by atoms with Crippen molar-refractivity contribution in [1.82, 2.24) is 0 Å². The molecule has 6 heteroatoms. The van der Waals surface area contributed by atoms with E-state index in [4.69, 9.17) is 0 Å². The highest BCUT2D eigenvalue weighted by atomic mass is 19.1. The molecule has 0 saturated heterocycles. The Labute approximate surface area is 137 Å². The molecule has 3 rings (SSSR count). The van der Waals surface area contributed by atoms with E-state index in [-0.39, 0.29) is 17.0 Å². The summed E-state index contributed by atoms with van der Waals surface area (Å²) in [6, 6.07) is 11.9. The zero-order chi connectivity index (χ0) is 17.3. The quantitative estimate of drug-likeness (QED) is 0.595. The van der Waals surface area contributed by atoms with Gasteiger partial charge in [-0.2, -0.15) is 0 Å². The Balaban J connectivity index is 1.87. The highest BCUT2D eigenvalue weighted by molar-refractivity contribution is 6.09. The Morgan fingerprint density at radius 2 is 1.92 bits per heavy atom. The molecule has 1 heterocycles. The van der Waals surface area contributed by atoms with Gasteiger partial charge in [0.25, 0.3) is 5.91 Å². The number of allylic oxidation sites excluding steroid dienone is 1. The standard InChI is InChI=1S/C18H14FNO4/c19-12-6-7-15-14(8-12)18(24,17(23)20-15)10-13(21)9-16(22)11-4-2-1-3-5-11/h1-9,22,24H,10H2,(H,20,23)/b16-9-. The largest absolute Gasteiger partial charge is 0.507 e. The molecule has 5 nitrogen and oxygen atoms in total. The first-order valence-corrected chi connectivity index (χ1v) is 7.23. The van der Waals surface area contributed by atoms with Gasteiger partial charge in [-0.25, -0.2) is 4.39 Å². The van der Waals surface area contributed by atoms with Crippen molar-refractivity contribution in [2.75, 3.05) is 5.32 Å². The van der Waals surface area contributed by atoms with Crippen LogP contribution in [0.1, 0.15) is 17.5 Å². The maximum Gasteiger partial charge on any atom is 0.261 e. The minimum atomic E-state index is -2.16. The normalized spacial score (nSPS) is 19.8. The average molecular weight is 327 g/mol. The molecule has 24 heavy (non-hydrogen) atoms. The number of carbonyl (C=O) groups excluding carboxylic acids is 2. The van der Waals surface area contributed by atoms with Crippen molar-refractivity contribution in [2.24, 2.45) is 0 Å². The molecular weight excluding hydrogens is 313 g/mol. The lowest BCUT2D eigenvalue weighted by Crippen LogP contribution is -2.36. The van der Waals surface area contributed by atoms with Gasteiger partial charge in [0.1, 0.15) is 11.6 Å². The van der Waals surface area contributed by atoms with Crippen LogP contribution in [-0.2, 0) is 15.2 Å². The first-order chi connectivity index (χ1) is 11.4. The van der Waals surface area contributed by atoms with Gasteiger partial charge in [0.15, 0.2) is 11.4 Å². The number of nitrogens with one attached hydrogen (secondary N) is 1. The number of aliphatic hydroxyl groups is 2. The van der Waals surface area contributed by atoms with Gasteiger partial charge < -0.3 is 15.5 Å². The van der Waals surface area contributed by atoms with E-state index in [2.05, 4.69) is 5.32 Å². The molecule has 2 aromatic carbocycles. The van der Waals surface area contributed by atoms with Gasteiger partial charge >= 0.3 is 0 Å². The number of anilines is 1. The van der Waals surface area contributed by atoms with Gasteiger partial charge in [0, 0.05) is 22.9 Å². The molecule has 0 aromatic heterocycles. The summed E-state index contributed by atoms with van der Waals surface area (Å²) < 4.78 is 13.4. The van der Waals surface area contributed by atoms with Crippen molar-refractivity contribution in [1.29, 1.82) is 0 Å². The first-order valence-electron chi connectivity index (χ1n) is 7.23. The van der Waals surface area contributed by atoms with E-state index in [0.717, 1.165) is 18.2 Å². The lowest BCUT2D eigenvalue weighted by atomic mass is 9.89. The molecule has 122 valence electrons. The number of rotatable bonds is 4. The number of hydrogen-bond acceptors (Lipinski definition) is 4. The highest BCUT2D eigenvalue weighted by Gasteiger charge is 2.46. The molecule has 0 radical (unpaired) electrons. The second-order valence-corrected chi connectivity index (χ2v) is 5.54. The minimum Gasteiger partial charge on any atom is -0.507 e. The van der Waals surface area contributed by atoms with Crippen molar-refractivity contribution in [3.05, 3.63) is 71.6 Å². The van der Waals surface area contributed by atoms with Crippen molar-refractivity contribution < 1.29 is 24.2 Å². The minimum absolute atomic E-state index is 0.00782. The zero-order valence-corrected chi connectivity index (χ0v) is 12.5. The lowest BCUT2D eigenvalue weighted by Gasteiger charge is -2.19. The van der Waals surface area contributed by atoms with Crippen molar-refractivity contribution in [3.8, 4) is 0 Å². The monoisotopic (exact) mass is 327 g/mol. The van der Waals surface area contributed by atoms with Crippen LogP contribution in [0.15, 0.2) is 54.6 Å². The zero-order valence-electron chi connectivity index (χ0n) is 12.5. The number of halogens is 1. The maximum absolute atomic E-state index is 13.4. The van der Waals surface area contributed by atoms with Gasteiger partial charge in [-0.1, -0.05) is 30.3 Å². The smallest absolute Gasteiger partial charge is 0.261 e. The molecule has 0 aliphatic carbocycles. The second kappa shape index (κ2) is 5.90. The summed E-state index contributed by atoms with van der Waals surface area (Å²) in [5.74, 6) is -2.36. The van der Waals surface area contributed by atoms with Gasteiger partial charge in [0.2, 0.25) is 0 Å². The van der Waals surface area contributed by atoms with Crippen LogP contribution in [0.3, 0.4) is 0 Å². The molecule has 0 bridgehead atoms. The number of hydrogen-bond donors (Lipinski definition) is 3. The fourth-order valence-electron chi connectivity index (χ4n) is 2.64. The number of aliphatic hydroxyl groups excluding tert-OH is 1. The molecule has 1 unspecified atom stereocenters. The molecule has 2 aromatic rings. The number of benzene rings is 2. The summed E-state index contributed by atoms with van der Waals surface area (Å²) in [6.07, 6.45) is 0.337. The lowest BCUT2D eigenvalue weighted by molar-refractivity contribution is -0.138. The summed E-state index contributed by atoms with van der Waals surface area (Å²) in [5.41, 5.74) is -1.47. The molecule has 0 saturated carbocycles. The van der Waals surface area contributed by atoms with E-state index in [0.29, 0.717) is 5.56 Å². The Hall–Kier alpha value is -2.99. The number of fused-ring (bicyclic) bond motifs is 1. The Kier molecular flexibility index (Phi) is 3.91. The third-order valence-electron chi connectivity index (χ3n) is 3.85. The van der Waals surface area contributed by atoms with Crippen molar-refractivity contribution in [2.45, 2.75) is 12.0 Å². The molecular formula is C18H14FNO4. The molecule has 1 aliphatic rings. The molecule has 3 N–H and O–H groups in total. The third-order valence-corrected chi connectivity index (χ3v) is 3.85. The van der Waals surface area contributed by atoms with Crippen LogP contribution >= 0.6 is 0 Å². The van der Waals surface area contributed by atoms with E-state index >= 15 is 0 Å². The van der Waals surface area contributed by atoms with Crippen LogP contribution < -0.4 is 5.32 Å². The predicted octanol–water partition coefficient (Wildman–Crippen LogP) is 2.52. The highest BCUT2D eigenvalue weighted by Crippen LogP contribution is 2.39. The molecule has 0 fully saturated rings. The summed E-state index contributed by atoms with van der Waals surface area (Å²) in [7, 11) is 0. The van der Waals surface area contributed by atoms with Crippen LogP contribution in [0.5, 0.6) is 0 Å². The molecule has 0 spiro atoms. The predicted molar refractivity (Wildman–Crippen MR) is 85.6 cm³/mol. The fraction of sp³-hybridized carbons (Fsp3) is 0.111. The second-order valence-electron chi connectivity index (χ2n) is 5.54. The van der Waals surface area contributed by atoms with E-state index in [1.54, 1.807) is 30.3 Å². The third kappa shape index (κ3) is 2.79. The molecule has 1 amide bonds. The topological polar surface area (TPSA) is 86.6 Å². The van der Waals surface area contributed by atoms with Crippen molar-refractivity contribution >= 4 is 23.1 Å². The van der Waals surface area contributed by atoms with Gasteiger partial charge in [-0.15, -0.1) is 0 Å². The van der Waals surface area contributed by atoms with E-state index in [1.807, 2.05) is 0 Å². The van der Waals surface area contributed by atoms with Crippen LogP contribution in [0, 0.1) is 5.82 Å². The van der Waals surface area contributed by atoms with Gasteiger partial charge in [-0.3, -0.25) is 9.59 Å². The number of carbonyl (C=O) groups is 2. The van der Waals surface area contributed by atoms with Crippen LogP contribution in [-0.4, -0.2) is 21.9 Å². The summed E-state index contributed by atoms with van der Waals surface area (Å²) in [6.45, 7) is 0. The summed E-state index contributed by atoms with van der Waals surface area (Å²) in [4.78, 5) is 24.2.